The van der Waals surface area contributed by atoms with E-state index >= 15 is 0 Å². The van der Waals surface area contributed by atoms with Crippen LogP contribution in [0.15, 0.2) is 41.0 Å². The fourth-order valence-corrected chi connectivity index (χ4v) is 1.81. The molecule has 0 N–H and O–H groups in total. The predicted molar refractivity (Wildman–Crippen MR) is 67.7 cm³/mol. The summed E-state index contributed by atoms with van der Waals surface area (Å²) >= 11 is 9.17. The molecule has 1 heterocycles. The van der Waals surface area contributed by atoms with Gasteiger partial charge in [-0.25, -0.2) is 9.37 Å². The number of aromatic nitrogens is 1. The van der Waals surface area contributed by atoms with Crippen LogP contribution in [0.25, 0.3) is 0 Å². The first-order valence-corrected chi connectivity index (χ1v) is 6.01. The average Bonchev–Trinajstić information content (AvgIpc) is 2.32. The Morgan fingerprint density at radius 2 is 2.18 bits per heavy atom. The van der Waals surface area contributed by atoms with Gasteiger partial charge < -0.3 is 4.74 Å². The molecule has 0 saturated heterocycles. The molecule has 88 valence electrons. The quantitative estimate of drug-likeness (QED) is 0.791. The first kappa shape index (κ1) is 12.3. The molecular weight excluding hydrogens is 308 g/mol. The van der Waals surface area contributed by atoms with Crippen LogP contribution in [0, 0.1) is 5.82 Å². The largest absolute Gasteiger partial charge is 0.488 e. The Kier molecular flexibility index (Phi) is 3.97. The number of nitrogens with zero attached hydrogens (tertiary/aromatic N) is 1. The van der Waals surface area contributed by atoms with Crippen molar-refractivity contribution < 1.29 is 9.13 Å². The molecule has 0 bridgehead atoms. The minimum Gasteiger partial charge on any atom is -0.488 e. The lowest BCUT2D eigenvalue weighted by Gasteiger charge is -2.08. The number of pyridine rings is 1. The number of benzene rings is 1. The Morgan fingerprint density at radius 3 is 2.94 bits per heavy atom. The molecule has 1 aromatic heterocycles. The van der Waals surface area contributed by atoms with Crippen LogP contribution in [-0.4, -0.2) is 4.98 Å². The Bertz CT molecular complexity index is 536. The first-order chi connectivity index (χ1) is 8.16. The lowest BCUT2D eigenvalue weighted by Crippen LogP contribution is -1.98. The second-order valence-corrected chi connectivity index (χ2v) is 4.53. The lowest BCUT2D eigenvalue weighted by molar-refractivity contribution is 0.302. The zero-order valence-electron chi connectivity index (χ0n) is 8.66. The summed E-state index contributed by atoms with van der Waals surface area (Å²) in [4.78, 5) is 3.93. The van der Waals surface area contributed by atoms with Crippen LogP contribution < -0.4 is 4.74 Å². The van der Waals surface area contributed by atoms with Crippen LogP contribution in [0.5, 0.6) is 5.75 Å². The highest BCUT2D eigenvalue weighted by Gasteiger charge is 2.05. The van der Waals surface area contributed by atoms with E-state index in [1.807, 2.05) is 6.07 Å². The van der Waals surface area contributed by atoms with Crippen molar-refractivity contribution in [2.24, 2.45) is 0 Å². The second kappa shape index (κ2) is 5.47. The summed E-state index contributed by atoms with van der Waals surface area (Å²) in [6, 6.07) is 7.84. The van der Waals surface area contributed by atoms with Gasteiger partial charge in [0.05, 0.1) is 4.47 Å². The van der Waals surface area contributed by atoms with Crippen molar-refractivity contribution in [2.45, 2.75) is 6.61 Å². The molecule has 0 unspecified atom stereocenters. The van der Waals surface area contributed by atoms with Crippen molar-refractivity contribution in [1.29, 1.82) is 0 Å². The van der Waals surface area contributed by atoms with Crippen LogP contribution in [0.3, 0.4) is 0 Å². The molecule has 2 rings (SSSR count). The average molecular weight is 317 g/mol. The molecule has 0 fully saturated rings. The monoisotopic (exact) mass is 315 g/mol. The van der Waals surface area contributed by atoms with Crippen LogP contribution in [-0.2, 0) is 6.61 Å². The van der Waals surface area contributed by atoms with E-state index in [1.54, 1.807) is 18.3 Å². The van der Waals surface area contributed by atoms with Gasteiger partial charge in [0.1, 0.15) is 23.3 Å². The Hall–Kier alpha value is -1.13. The zero-order chi connectivity index (χ0) is 12.3. The van der Waals surface area contributed by atoms with Gasteiger partial charge in [0.25, 0.3) is 0 Å². The molecule has 0 saturated carbocycles. The van der Waals surface area contributed by atoms with Crippen molar-refractivity contribution >= 4 is 27.5 Å². The molecule has 0 radical (unpaired) electrons. The minimum atomic E-state index is -0.347. The number of halogens is 3. The number of rotatable bonds is 3. The van der Waals surface area contributed by atoms with Gasteiger partial charge in [0, 0.05) is 17.8 Å². The zero-order valence-corrected chi connectivity index (χ0v) is 11.0. The summed E-state index contributed by atoms with van der Waals surface area (Å²) < 4.78 is 19.2. The summed E-state index contributed by atoms with van der Waals surface area (Å²) in [5.74, 6) is 0.0883. The van der Waals surface area contributed by atoms with E-state index in [0.717, 1.165) is 5.56 Å². The van der Waals surface area contributed by atoms with E-state index in [0.29, 0.717) is 15.4 Å². The molecule has 0 aliphatic heterocycles. The SMILES string of the molecule is Fc1ccc(Br)c(OCc2cccnc2Cl)c1. The van der Waals surface area contributed by atoms with Gasteiger partial charge >= 0.3 is 0 Å². The Morgan fingerprint density at radius 1 is 1.35 bits per heavy atom. The topological polar surface area (TPSA) is 22.1 Å². The van der Waals surface area contributed by atoms with Gasteiger partial charge in [-0.15, -0.1) is 0 Å². The van der Waals surface area contributed by atoms with Gasteiger partial charge in [0.2, 0.25) is 0 Å². The molecule has 1 aromatic carbocycles. The van der Waals surface area contributed by atoms with E-state index < -0.39 is 0 Å². The van der Waals surface area contributed by atoms with Crippen LogP contribution in [0.4, 0.5) is 4.39 Å². The molecule has 0 aliphatic carbocycles. The Balaban J connectivity index is 2.12. The van der Waals surface area contributed by atoms with Crippen molar-refractivity contribution in [1.82, 2.24) is 4.98 Å². The summed E-state index contributed by atoms with van der Waals surface area (Å²) in [6.45, 7) is 0.245. The van der Waals surface area contributed by atoms with E-state index in [1.165, 1.54) is 12.1 Å². The number of hydrogen-bond donors (Lipinski definition) is 0. The summed E-state index contributed by atoms with van der Waals surface area (Å²) in [5.41, 5.74) is 0.755. The fourth-order valence-electron chi connectivity index (χ4n) is 1.27. The van der Waals surface area contributed by atoms with Crippen molar-refractivity contribution in [3.63, 3.8) is 0 Å². The molecule has 17 heavy (non-hydrogen) atoms. The normalized spacial score (nSPS) is 10.3. The van der Waals surface area contributed by atoms with E-state index in [2.05, 4.69) is 20.9 Å². The lowest BCUT2D eigenvalue weighted by atomic mass is 10.3. The minimum absolute atomic E-state index is 0.245. The third-order valence-electron chi connectivity index (χ3n) is 2.11. The molecule has 0 atom stereocenters. The van der Waals surface area contributed by atoms with E-state index in [-0.39, 0.29) is 12.4 Å². The summed E-state index contributed by atoms with van der Waals surface area (Å²) in [7, 11) is 0. The molecule has 0 aliphatic rings. The maximum Gasteiger partial charge on any atom is 0.136 e. The molecule has 0 amide bonds. The summed E-state index contributed by atoms with van der Waals surface area (Å²) in [6.07, 6.45) is 1.60. The van der Waals surface area contributed by atoms with Gasteiger partial charge in [0.15, 0.2) is 0 Å². The second-order valence-electron chi connectivity index (χ2n) is 3.32. The van der Waals surface area contributed by atoms with Crippen LogP contribution in [0.2, 0.25) is 5.15 Å². The van der Waals surface area contributed by atoms with Gasteiger partial charge in [-0.1, -0.05) is 17.7 Å². The standard InChI is InChI=1S/C12H8BrClFNO/c13-10-4-3-9(15)6-11(10)17-7-8-2-1-5-16-12(8)14/h1-6H,7H2. The molecule has 5 heteroatoms. The molecule has 0 spiro atoms. The molecule has 2 aromatic rings. The van der Waals surface area contributed by atoms with Crippen LogP contribution >= 0.6 is 27.5 Å². The van der Waals surface area contributed by atoms with Crippen molar-refractivity contribution in [3.8, 4) is 5.75 Å². The third-order valence-corrected chi connectivity index (χ3v) is 3.11. The number of hydrogen-bond acceptors (Lipinski definition) is 2. The predicted octanol–water partition coefficient (Wildman–Crippen LogP) is 4.22. The first-order valence-electron chi connectivity index (χ1n) is 4.84. The highest BCUT2D eigenvalue weighted by Crippen LogP contribution is 2.26. The highest BCUT2D eigenvalue weighted by atomic mass is 79.9. The summed E-state index contributed by atoms with van der Waals surface area (Å²) in [5, 5.41) is 0.389. The number of ether oxygens (including phenoxy) is 1. The maximum absolute atomic E-state index is 13.0. The van der Waals surface area contributed by atoms with Gasteiger partial charge in [-0.3, -0.25) is 0 Å². The van der Waals surface area contributed by atoms with Crippen molar-refractivity contribution in [3.05, 3.63) is 57.5 Å². The maximum atomic E-state index is 13.0. The van der Waals surface area contributed by atoms with Crippen LogP contribution in [0.1, 0.15) is 5.56 Å². The highest BCUT2D eigenvalue weighted by molar-refractivity contribution is 9.10. The fraction of sp³-hybridized carbons (Fsp3) is 0.0833. The van der Waals surface area contributed by atoms with E-state index in [4.69, 9.17) is 16.3 Å². The Labute approximate surface area is 112 Å². The smallest absolute Gasteiger partial charge is 0.136 e. The molecule has 2 nitrogen and oxygen atoms in total. The molecular formula is C12H8BrClFNO. The van der Waals surface area contributed by atoms with Gasteiger partial charge in [-0.2, -0.15) is 0 Å². The van der Waals surface area contributed by atoms with Gasteiger partial charge in [-0.05, 0) is 34.1 Å². The third kappa shape index (κ3) is 3.17. The van der Waals surface area contributed by atoms with E-state index in [9.17, 15) is 4.39 Å². The van der Waals surface area contributed by atoms with Crippen molar-refractivity contribution in [2.75, 3.05) is 0 Å².